The zero-order chi connectivity index (χ0) is 9.56. The molecule has 70 valence electrons. The van der Waals surface area contributed by atoms with Crippen molar-refractivity contribution in [1.29, 1.82) is 0 Å². The van der Waals surface area contributed by atoms with Crippen LogP contribution in [0, 0.1) is 0 Å². The molecule has 3 heteroatoms. The van der Waals surface area contributed by atoms with Gasteiger partial charge in [0.05, 0.1) is 0 Å². The SMILES string of the molecule is CCN(C)/C=C\N(C=O)C(C)C. The van der Waals surface area contributed by atoms with Crippen LogP contribution in [0.4, 0.5) is 0 Å². The number of nitrogens with zero attached hydrogens (tertiary/aromatic N) is 2. The smallest absolute Gasteiger partial charge is 0.213 e. The van der Waals surface area contributed by atoms with Crippen molar-refractivity contribution in [2.24, 2.45) is 0 Å². The lowest BCUT2D eigenvalue weighted by Gasteiger charge is -2.18. The van der Waals surface area contributed by atoms with Gasteiger partial charge in [0.25, 0.3) is 0 Å². The lowest BCUT2D eigenvalue weighted by Crippen LogP contribution is -2.24. The third-order valence-electron chi connectivity index (χ3n) is 1.71. The first-order chi connectivity index (χ1) is 5.61. The Balaban J connectivity index is 4.00. The summed E-state index contributed by atoms with van der Waals surface area (Å²) in [6.07, 6.45) is 4.53. The summed E-state index contributed by atoms with van der Waals surface area (Å²) in [6.45, 7) is 6.96. The summed E-state index contributed by atoms with van der Waals surface area (Å²) in [7, 11) is 1.97. The van der Waals surface area contributed by atoms with Crippen molar-refractivity contribution >= 4 is 6.41 Å². The molecule has 0 radical (unpaired) electrons. The molecule has 0 atom stereocenters. The summed E-state index contributed by atoms with van der Waals surface area (Å²) in [5.74, 6) is 0. The summed E-state index contributed by atoms with van der Waals surface area (Å²) >= 11 is 0. The van der Waals surface area contributed by atoms with Crippen LogP contribution < -0.4 is 0 Å². The van der Waals surface area contributed by atoms with Crippen LogP contribution in [0.25, 0.3) is 0 Å². The van der Waals surface area contributed by atoms with E-state index in [0.717, 1.165) is 13.0 Å². The van der Waals surface area contributed by atoms with E-state index >= 15 is 0 Å². The first-order valence-corrected chi connectivity index (χ1v) is 4.23. The van der Waals surface area contributed by atoms with Crippen LogP contribution in [0.1, 0.15) is 20.8 Å². The Kier molecular flexibility index (Phi) is 5.17. The van der Waals surface area contributed by atoms with Gasteiger partial charge in [-0.1, -0.05) is 0 Å². The van der Waals surface area contributed by atoms with E-state index in [2.05, 4.69) is 6.92 Å². The zero-order valence-corrected chi connectivity index (χ0v) is 8.32. The standard InChI is InChI=1S/C9H18N2O/c1-5-10(4)6-7-11(8-12)9(2)3/h6-9H,5H2,1-4H3/b7-6-. The van der Waals surface area contributed by atoms with Gasteiger partial charge in [-0.2, -0.15) is 0 Å². The molecule has 0 saturated heterocycles. The molecule has 0 aromatic rings. The molecule has 0 saturated carbocycles. The van der Waals surface area contributed by atoms with Gasteiger partial charge in [0.1, 0.15) is 0 Å². The van der Waals surface area contributed by atoms with Crippen molar-refractivity contribution in [2.75, 3.05) is 13.6 Å². The van der Waals surface area contributed by atoms with Gasteiger partial charge in [-0.05, 0) is 20.8 Å². The number of rotatable bonds is 5. The summed E-state index contributed by atoms with van der Waals surface area (Å²) < 4.78 is 0. The third kappa shape index (κ3) is 4.01. The summed E-state index contributed by atoms with van der Waals surface area (Å²) in [5, 5.41) is 0. The highest BCUT2D eigenvalue weighted by Gasteiger charge is 2.00. The molecule has 3 nitrogen and oxygen atoms in total. The molecular formula is C9H18N2O. The van der Waals surface area contributed by atoms with E-state index in [4.69, 9.17) is 0 Å². The normalized spacial score (nSPS) is 10.8. The van der Waals surface area contributed by atoms with E-state index in [-0.39, 0.29) is 6.04 Å². The van der Waals surface area contributed by atoms with Crippen LogP contribution in [-0.4, -0.2) is 35.8 Å². The number of hydrogen-bond acceptors (Lipinski definition) is 2. The topological polar surface area (TPSA) is 23.6 Å². The van der Waals surface area contributed by atoms with Crippen molar-refractivity contribution in [2.45, 2.75) is 26.8 Å². The second-order valence-electron chi connectivity index (χ2n) is 3.02. The molecule has 0 fully saturated rings. The van der Waals surface area contributed by atoms with Crippen molar-refractivity contribution in [1.82, 2.24) is 9.80 Å². The fraction of sp³-hybridized carbons (Fsp3) is 0.667. The number of carbonyl (C=O) groups excluding carboxylic acids is 1. The monoisotopic (exact) mass is 170 g/mol. The Morgan fingerprint density at radius 3 is 2.25 bits per heavy atom. The maximum Gasteiger partial charge on any atom is 0.213 e. The Hall–Kier alpha value is -0.990. The Morgan fingerprint density at radius 1 is 1.33 bits per heavy atom. The molecular weight excluding hydrogens is 152 g/mol. The fourth-order valence-corrected chi connectivity index (χ4v) is 0.625. The molecule has 0 aliphatic rings. The van der Waals surface area contributed by atoms with E-state index < -0.39 is 0 Å². The van der Waals surface area contributed by atoms with E-state index in [1.165, 1.54) is 0 Å². The van der Waals surface area contributed by atoms with Gasteiger partial charge in [0.2, 0.25) is 6.41 Å². The molecule has 0 aliphatic heterocycles. The highest BCUT2D eigenvalue weighted by Crippen LogP contribution is 1.95. The van der Waals surface area contributed by atoms with Crippen LogP contribution in [0.2, 0.25) is 0 Å². The van der Waals surface area contributed by atoms with Crippen LogP contribution in [0.3, 0.4) is 0 Å². The molecule has 0 spiro atoms. The van der Waals surface area contributed by atoms with Gasteiger partial charge < -0.3 is 9.80 Å². The minimum Gasteiger partial charge on any atom is -0.380 e. The average molecular weight is 170 g/mol. The maximum absolute atomic E-state index is 10.5. The Bertz CT molecular complexity index is 155. The molecule has 0 aromatic heterocycles. The molecule has 12 heavy (non-hydrogen) atoms. The van der Waals surface area contributed by atoms with Gasteiger partial charge >= 0.3 is 0 Å². The lowest BCUT2D eigenvalue weighted by atomic mass is 10.4. The van der Waals surface area contributed by atoms with E-state index in [9.17, 15) is 4.79 Å². The minimum absolute atomic E-state index is 0.226. The molecule has 0 heterocycles. The van der Waals surface area contributed by atoms with Gasteiger partial charge in [0.15, 0.2) is 0 Å². The van der Waals surface area contributed by atoms with Crippen molar-refractivity contribution in [3.63, 3.8) is 0 Å². The highest BCUT2D eigenvalue weighted by atomic mass is 16.1. The predicted molar refractivity (Wildman–Crippen MR) is 50.5 cm³/mol. The van der Waals surface area contributed by atoms with E-state index in [1.54, 1.807) is 11.1 Å². The molecule has 0 rings (SSSR count). The molecule has 0 bridgehead atoms. The molecule has 0 N–H and O–H groups in total. The van der Waals surface area contributed by atoms with Crippen LogP contribution >= 0.6 is 0 Å². The number of amides is 1. The van der Waals surface area contributed by atoms with E-state index in [0.29, 0.717) is 0 Å². The number of hydrogen-bond donors (Lipinski definition) is 0. The predicted octanol–water partition coefficient (Wildman–Crippen LogP) is 1.28. The van der Waals surface area contributed by atoms with Crippen LogP contribution in [0.15, 0.2) is 12.4 Å². The minimum atomic E-state index is 0.226. The van der Waals surface area contributed by atoms with Gasteiger partial charge in [-0.25, -0.2) is 0 Å². The largest absolute Gasteiger partial charge is 0.380 e. The van der Waals surface area contributed by atoms with Gasteiger partial charge in [-0.15, -0.1) is 0 Å². The fourth-order valence-electron chi connectivity index (χ4n) is 0.625. The maximum atomic E-state index is 10.5. The number of carbonyl (C=O) groups is 1. The van der Waals surface area contributed by atoms with Crippen molar-refractivity contribution in [3.8, 4) is 0 Å². The summed E-state index contributed by atoms with van der Waals surface area (Å²) in [5.41, 5.74) is 0. The van der Waals surface area contributed by atoms with Crippen molar-refractivity contribution in [3.05, 3.63) is 12.4 Å². The second-order valence-corrected chi connectivity index (χ2v) is 3.02. The first kappa shape index (κ1) is 11.0. The Labute approximate surface area is 74.7 Å². The summed E-state index contributed by atoms with van der Waals surface area (Å²) in [6, 6.07) is 0.226. The third-order valence-corrected chi connectivity index (χ3v) is 1.71. The Morgan fingerprint density at radius 2 is 1.92 bits per heavy atom. The van der Waals surface area contributed by atoms with Gasteiger partial charge in [0, 0.05) is 32.0 Å². The summed E-state index contributed by atoms with van der Waals surface area (Å²) in [4.78, 5) is 14.1. The average Bonchev–Trinajstić information content (AvgIpc) is 2.04. The van der Waals surface area contributed by atoms with Crippen molar-refractivity contribution < 1.29 is 4.79 Å². The molecule has 1 amide bonds. The van der Waals surface area contributed by atoms with Gasteiger partial charge in [-0.3, -0.25) is 4.79 Å². The van der Waals surface area contributed by atoms with Crippen LogP contribution in [0.5, 0.6) is 0 Å². The zero-order valence-electron chi connectivity index (χ0n) is 8.32. The molecule has 0 unspecified atom stereocenters. The lowest BCUT2D eigenvalue weighted by molar-refractivity contribution is -0.117. The highest BCUT2D eigenvalue weighted by molar-refractivity contribution is 5.49. The van der Waals surface area contributed by atoms with Crippen LogP contribution in [-0.2, 0) is 4.79 Å². The molecule has 0 aromatic carbocycles. The molecule has 0 aliphatic carbocycles. The second kappa shape index (κ2) is 5.63. The first-order valence-electron chi connectivity index (χ1n) is 4.23. The quantitative estimate of drug-likeness (QED) is 0.580. The van der Waals surface area contributed by atoms with E-state index in [1.807, 2.05) is 32.0 Å².